The average molecular weight is 722 g/mol. The van der Waals surface area contributed by atoms with Gasteiger partial charge in [0.25, 0.3) is 0 Å². The lowest BCUT2D eigenvalue weighted by atomic mass is 9.94. The largest absolute Gasteiger partial charge is 0.462 e. The van der Waals surface area contributed by atoms with Crippen LogP contribution in [0.15, 0.2) is 104 Å². The van der Waals surface area contributed by atoms with Gasteiger partial charge >= 0.3 is 12.1 Å². The lowest BCUT2D eigenvalue weighted by Gasteiger charge is -2.32. The van der Waals surface area contributed by atoms with E-state index in [2.05, 4.69) is 35.9 Å². The van der Waals surface area contributed by atoms with E-state index in [9.17, 15) is 24.3 Å². The van der Waals surface area contributed by atoms with Gasteiger partial charge in [-0.1, -0.05) is 104 Å². The molecule has 0 unspecified atom stereocenters. The highest BCUT2D eigenvalue weighted by atomic mass is 16.6. The molecule has 3 amide bonds. The number of allylic oxidation sites excluding steroid dienone is 2. The Hall–Kier alpha value is -5.22. The number of aliphatic hydroxyl groups is 1. The van der Waals surface area contributed by atoms with Crippen molar-refractivity contribution in [3.63, 3.8) is 0 Å². The maximum absolute atomic E-state index is 13.8. The molecular weight excluding hydrogens is 670 g/mol. The Labute approximate surface area is 312 Å². The van der Waals surface area contributed by atoms with Crippen molar-refractivity contribution < 1.29 is 33.8 Å². The quantitative estimate of drug-likeness (QED) is 0.0959. The van der Waals surface area contributed by atoms with Crippen molar-refractivity contribution in [1.29, 1.82) is 0 Å². The number of carbonyl (C=O) groups excluding carboxylic acids is 4. The van der Waals surface area contributed by atoms with Gasteiger partial charge in [0.2, 0.25) is 11.8 Å². The minimum Gasteiger partial charge on any atom is -0.462 e. The van der Waals surface area contributed by atoms with Crippen LogP contribution < -0.4 is 10.6 Å². The summed E-state index contributed by atoms with van der Waals surface area (Å²) in [5, 5.41) is 15.5. The molecule has 0 saturated heterocycles. The van der Waals surface area contributed by atoms with Gasteiger partial charge in [-0.05, 0) is 59.9 Å². The van der Waals surface area contributed by atoms with E-state index in [0.29, 0.717) is 25.8 Å². The number of carbonyl (C=O) groups is 4. The fourth-order valence-corrected chi connectivity index (χ4v) is 7.39. The van der Waals surface area contributed by atoms with E-state index in [1.54, 1.807) is 17.1 Å². The molecule has 0 radical (unpaired) electrons. The van der Waals surface area contributed by atoms with Crippen LogP contribution in [0.5, 0.6) is 0 Å². The van der Waals surface area contributed by atoms with Crippen LogP contribution in [0.3, 0.4) is 0 Å². The number of hydrogen-bond acceptors (Lipinski definition) is 7. The lowest BCUT2D eigenvalue weighted by Crippen LogP contribution is -2.53. The molecule has 1 fully saturated rings. The SMILES string of the molecule is C=CCC[C@H](NC(=O)OCC1c2ccccc2-c2ccccc21)C(=O)OCC1(NC(=O)[C@H](CC=C)CC(=O)N(CCO)Cc2ccccc2)CCCC1. The van der Waals surface area contributed by atoms with Gasteiger partial charge in [-0.15, -0.1) is 13.2 Å². The third-order valence-electron chi connectivity index (χ3n) is 10.2. The van der Waals surface area contributed by atoms with Gasteiger partial charge in [-0.25, -0.2) is 9.59 Å². The van der Waals surface area contributed by atoms with Crippen LogP contribution in [0.2, 0.25) is 0 Å². The number of nitrogens with zero attached hydrogens (tertiary/aromatic N) is 1. The van der Waals surface area contributed by atoms with E-state index in [1.807, 2.05) is 66.7 Å². The first-order valence-corrected chi connectivity index (χ1v) is 18.5. The lowest BCUT2D eigenvalue weighted by molar-refractivity contribution is -0.149. The van der Waals surface area contributed by atoms with Crippen LogP contribution >= 0.6 is 0 Å². The van der Waals surface area contributed by atoms with Crippen molar-refractivity contribution in [3.8, 4) is 11.1 Å². The number of esters is 1. The normalized spacial score (nSPS) is 15.3. The van der Waals surface area contributed by atoms with Crippen LogP contribution in [0.4, 0.5) is 4.79 Å². The Kier molecular flexibility index (Phi) is 14.0. The molecule has 3 aromatic carbocycles. The first-order chi connectivity index (χ1) is 25.8. The number of amides is 3. The number of ether oxygens (including phenoxy) is 2. The fraction of sp³-hybridized carbons (Fsp3) is 0.395. The van der Waals surface area contributed by atoms with Gasteiger partial charge < -0.3 is 30.1 Å². The van der Waals surface area contributed by atoms with Crippen molar-refractivity contribution in [1.82, 2.24) is 15.5 Å². The third-order valence-corrected chi connectivity index (χ3v) is 10.2. The number of nitrogens with one attached hydrogen (secondary N) is 2. The molecule has 280 valence electrons. The molecule has 0 aromatic heterocycles. The molecule has 0 spiro atoms. The topological polar surface area (TPSA) is 134 Å². The van der Waals surface area contributed by atoms with Gasteiger partial charge in [0.1, 0.15) is 19.3 Å². The number of alkyl carbamates (subject to hydrolysis) is 1. The zero-order chi connectivity index (χ0) is 37.6. The van der Waals surface area contributed by atoms with E-state index in [0.717, 1.165) is 40.7 Å². The van der Waals surface area contributed by atoms with Crippen molar-refractivity contribution in [2.45, 2.75) is 75.4 Å². The number of benzene rings is 3. The zero-order valence-electron chi connectivity index (χ0n) is 30.3. The molecule has 10 nitrogen and oxygen atoms in total. The third kappa shape index (κ3) is 10.2. The molecule has 3 N–H and O–H groups in total. The molecule has 2 atom stereocenters. The molecular formula is C43H51N3O7. The first-order valence-electron chi connectivity index (χ1n) is 18.5. The first kappa shape index (κ1) is 39.0. The Morgan fingerprint density at radius 1 is 0.887 bits per heavy atom. The summed E-state index contributed by atoms with van der Waals surface area (Å²) in [6, 6.07) is 24.6. The van der Waals surface area contributed by atoms with Crippen LogP contribution in [0, 0.1) is 5.92 Å². The van der Waals surface area contributed by atoms with E-state index in [-0.39, 0.29) is 63.4 Å². The Bertz CT molecular complexity index is 1690. The standard InChI is InChI=1S/C43H51N3O7/c1-3-5-22-38(44-42(51)52-29-37-35-20-11-9-18-33(35)34-19-10-12-21-36(34)37)41(50)53-30-43(23-13-14-24-43)45-40(49)32(15-4-2)27-39(48)46(25-26-47)28-31-16-7-6-8-17-31/h3-4,6-12,16-21,32,37-38,47H,1-2,5,13-15,22-30H2,(H,44,51)(H,45,49)/t32-,38+/m1/s1. The molecule has 3 aromatic rings. The van der Waals surface area contributed by atoms with E-state index >= 15 is 0 Å². The summed E-state index contributed by atoms with van der Waals surface area (Å²) in [6.07, 6.45) is 6.37. The average Bonchev–Trinajstić information content (AvgIpc) is 3.77. The zero-order valence-corrected chi connectivity index (χ0v) is 30.3. The molecule has 1 saturated carbocycles. The number of hydrogen-bond donors (Lipinski definition) is 3. The van der Waals surface area contributed by atoms with Crippen LogP contribution in [-0.4, -0.2) is 71.8 Å². The van der Waals surface area contributed by atoms with Gasteiger partial charge in [0.05, 0.1) is 18.1 Å². The molecule has 10 heteroatoms. The molecule has 0 heterocycles. The van der Waals surface area contributed by atoms with Crippen molar-refractivity contribution in [2.24, 2.45) is 5.92 Å². The smallest absolute Gasteiger partial charge is 0.407 e. The van der Waals surface area contributed by atoms with Crippen LogP contribution in [-0.2, 0) is 30.4 Å². The van der Waals surface area contributed by atoms with E-state index < -0.39 is 29.6 Å². The summed E-state index contributed by atoms with van der Waals surface area (Å²) in [4.78, 5) is 55.3. The molecule has 0 aliphatic heterocycles. The Morgan fingerprint density at radius 3 is 2.15 bits per heavy atom. The highest BCUT2D eigenvalue weighted by Crippen LogP contribution is 2.44. The predicted molar refractivity (Wildman–Crippen MR) is 204 cm³/mol. The summed E-state index contributed by atoms with van der Waals surface area (Å²) in [5.74, 6) is -2.01. The summed E-state index contributed by atoms with van der Waals surface area (Å²) >= 11 is 0. The second-order valence-electron chi connectivity index (χ2n) is 13.9. The number of fused-ring (bicyclic) bond motifs is 3. The van der Waals surface area contributed by atoms with Crippen molar-refractivity contribution >= 4 is 23.9 Å². The summed E-state index contributed by atoms with van der Waals surface area (Å²) in [6.45, 7) is 7.86. The van der Waals surface area contributed by atoms with Crippen LogP contribution in [0.25, 0.3) is 11.1 Å². The van der Waals surface area contributed by atoms with Gasteiger partial charge in [-0.2, -0.15) is 0 Å². The highest BCUT2D eigenvalue weighted by molar-refractivity contribution is 5.87. The Balaban J connectivity index is 1.18. The minimum atomic E-state index is -0.980. The van der Waals surface area contributed by atoms with Crippen molar-refractivity contribution in [3.05, 3.63) is 121 Å². The maximum atomic E-state index is 13.8. The van der Waals surface area contributed by atoms with E-state index in [1.165, 1.54) is 0 Å². The van der Waals surface area contributed by atoms with Gasteiger partial charge in [0, 0.05) is 25.4 Å². The van der Waals surface area contributed by atoms with Gasteiger partial charge in [0.15, 0.2) is 0 Å². The van der Waals surface area contributed by atoms with E-state index in [4.69, 9.17) is 9.47 Å². The predicted octanol–water partition coefficient (Wildman–Crippen LogP) is 6.44. The summed E-state index contributed by atoms with van der Waals surface area (Å²) in [7, 11) is 0. The summed E-state index contributed by atoms with van der Waals surface area (Å²) in [5.41, 5.74) is 4.52. The number of rotatable bonds is 19. The van der Waals surface area contributed by atoms with Crippen molar-refractivity contribution in [2.75, 3.05) is 26.4 Å². The monoisotopic (exact) mass is 721 g/mol. The highest BCUT2D eigenvalue weighted by Gasteiger charge is 2.39. The molecule has 2 aliphatic rings. The fourth-order valence-electron chi connectivity index (χ4n) is 7.39. The molecule has 2 aliphatic carbocycles. The summed E-state index contributed by atoms with van der Waals surface area (Å²) < 4.78 is 11.5. The van der Waals surface area contributed by atoms with Crippen LogP contribution in [0.1, 0.15) is 74.0 Å². The second kappa shape index (κ2) is 19.0. The maximum Gasteiger partial charge on any atom is 0.407 e. The molecule has 0 bridgehead atoms. The molecule has 53 heavy (non-hydrogen) atoms. The Morgan fingerprint density at radius 2 is 1.53 bits per heavy atom. The number of aliphatic hydroxyl groups excluding tert-OH is 1. The van der Waals surface area contributed by atoms with Gasteiger partial charge in [-0.3, -0.25) is 9.59 Å². The molecule has 5 rings (SSSR count). The minimum absolute atomic E-state index is 0.0613. The second-order valence-corrected chi connectivity index (χ2v) is 13.9.